The summed E-state index contributed by atoms with van der Waals surface area (Å²) < 4.78 is 0. The third-order valence-electron chi connectivity index (χ3n) is 2.02. The van der Waals surface area contributed by atoms with Crippen LogP contribution < -0.4 is 0 Å². The molecule has 0 amide bonds. The minimum Gasteiger partial charge on any atom is -0.214 e. The Hall–Kier alpha value is -0.911. The van der Waals surface area contributed by atoms with Gasteiger partial charge in [0.2, 0.25) is 0 Å². The Bertz CT molecular complexity index is 291. The van der Waals surface area contributed by atoms with E-state index in [2.05, 4.69) is 38.1 Å². The van der Waals surface area contributed by atoms with Crippen molar-refractivity contribution in [1.82, 2.24) is 0 Å². The SMILES string of the molecule is CC(C)c1ccccc1.[Fe].c1cc[cH-]c1. The molecule has 0 unspecified atom stereocenters. The molecule has 15 heavy (non-hydrogen) atoms. The molecule has 82 valence electrons. The molecular weight excluding hydrogens is 224 g/mol. The van der Waals surface area contributed by atoms with Crippen LogP contribution in [0.25, 0.3) is 0 Å². The van der Waals surface area contributed by atoms with Crippen molar-refractivity contribution < 1.29 is 17.1 Å². The van der Waals surface area contributed by atoms with Crippen molar-refractivity contribution >= 4 is 0 Å². The van der Waals surface area contributed by atoms with Gasteiger partial charge in [-0.2, -0.15) is 18.2 Å². The largest absolute Gasteiger partial charge is 0.214 e. The third-order valence-corrected chi connectivity index (χ3v) is 2.02. The summed E-state index contributed by atoms with van der Waals surface area (Å²) in [5, 5.41) is 0. The van der Waals surface area contributed by atoms with Gasteiger partial charge in [-0.1, -0.05) is 44.2 Å². The Labute approximate surface area is 103 Å². The zero-order chi connectivity index (χ0) is 10.2. The van der Waals surface area contributed by atoms with Crippen LogP contribution in [0.4, 0.5) is 0 Å². The Balaban J connectivity index is 0.000000280. The monoisotopic (exact) mass is 241 g/mol. The Morgan fingerprint density at radius 1 is 0.867 bits per heavy atom. The van der Waals surface area contributed by atoms with E-state index < -0.39 is 0 Å². The van der Waals surface area contributed by atoms with Crippen molar-refractivity contribution in [2.45, 2.75) is 19.8 Å². The van der Waals surface area contributed by atoms with Crippen LogP contribution in [0.3, 0.4) is 0 Å². The van der Waals surface area contributed by atoms with E-state index in [9.17, 15) is 0 Å². The molecule has 0 fully saturated rings. The van der Waals surface area contributed by atoms with Crippen LogP contribution in [0.5, 0.6) is 0 Å². The summed E-state index contributed by atoms with van der Waals surface area (Å²) >= 11 is 0. The van der Waals surface area contributed by atoms with Gasteiger partial charge in [0, 0.05) is 17.1 Å². The molecule has 0 heterocycles. The molecule has 0 saturated carbocycles. The van der Waals surface area contributed by atoms with Gasteiger partial charge >= 0.3 is 0 Å². The second kappa shape index (κ2) is 8.40. The summed E-state index contributed by atoms with van der Waals surface area (Å²) in [5.74, 6) is 0.659. The van der Waals surface area contributed by atoms with E-state index >= 15 is 0 Å². The number of hydrogen-bond acceptors (Lipinski definition) is 0. The molecule has 1 heteroatoms. The van der Waals surface area contributed by atoms with Crippen molar-refractivity contribution in [2.75, 3.05) is 0 Å². The maximum Gasteiger partial charge on any atom is 0 e. The first-order chi connectivity index (χ1) is 6.80. The first-order valence-corrected chi connectivity index (χ1v) is 5.02. The third kappa shape index (κ3) is 6.22. The van der Waals surface area contributed by atoms with Gasteiger partial charge in [0.05, 0.1) is 0 Å². The summed E-state index contributed by atoms with van der Waals surface area (Å²) in [6.45, 7) is 4.41. The first-order valence-electron chi connectivity index (χ1n) is 5.02. The maximum absolute atomic E-state index is 2.20. The van der Waals surface area contributed by atoms with Crippen molar-refractivity contribution in [1.29, 1.82) is 0 Å². The minimum absolute atomic E-state index is 0. The maximum atomic E-state index is 2.20. The quantitative estimate of drug-likeness (QED) is 0.518. The van der Waals surface area contributed by atoms with Crippen LogP contribution in [-0.4, -0.2) is 0 Å². The molecule has 0 nitrogen and oxygen atoms in total. The second-order valence-corrected chi connectivity index (χ2v) is 3.53. The van der Waals surface area contributed by atoms with Gasteiger partial charge in [0.15, 0.2) is 0 Å². The van der Waals surface area contributed by atoms with Crippen LogP contribution >= 0.6 is 0 Å². The van der Waals surface area contributed by atoms with Crippen LogP contribution in [-0.2, 0) is 17.1 Å². The standard InChI is InChI=1S/C9H12.C5H5.Fe/c1-8(2)9-6-4-3-5-7-9;1-2-4-5-3-1;/h3-8H,1-2H3;1-5H;/q;-1;. The van der Waals surface area contributed by atoms with Crippen LogP contribution in [0.15, 0.2) is 60.7 Å². The van der Waals surface area contributed by atoms with Crippen molar-refractivity contribution in [3.8, 4) is 0 Å². The van der Waals surface area contributed by atoms with E-state index in [1.807, 2.05) is 36.4 Å². The van der Waals surface area contributed by atoms with Crippen molar-refractivity contribution in [2.24, 2.45) is 0 Å². The van der Waals surface area contributed by atoms with E-state index in [-0.39, 0.29) is 17.1 Å². The van der Waals surface area contributed by atoms with E-state index in [1.54, 1.807) is 0 Å². The average molecular weight is 241 g/mol. The summed E-state index contributed by atoms with van der Waals surface area (Å²) in [4.78, 5) is 0. The van der Waals surface area contributed by atoms with Gasteiger partial charge in [0.1, 0.15) is 0 Å². The van der Waals surface area contributed by atoms with Crippen molar-refractivity contribution in [3.63, 3.8) is 0 Å². The fraction of sp³-hybridized carbons (Fsp3) is 0.214. The summed E-state index contributed by atoms with van der Waals surface area (Å²) in [5.41, 5.74) is 1.41. The molecule has 0 aliphatic carbocycles. The Morgan fingerprint density at radius 2 is 1.40 bits per heavy atom. The fourth-order valence-corrected chi connectivity index (χ4v) is 1.16. The van der Waals surface area contributed by atoms with Crippen molar-refractivity contribution in [3.05, 3.63) is 66.2 Å². The normalized spacial score (nSPS) is 8.73. The molecule has 0 radical (unpaired) electrons. The molecule has 0 aromatic heterocycles. The summed E-state index contributed by atoms with van der Waals surface area (Å²) in [7, 11) is 0. The van der Waals surface area contributed by atoms with Gasteiger partial charge in [0.25, 0.3) is 0 Å². The molecule has 0 atom stereocenters. The Morgan fingerprint density at radius 3 is 1.67 bits per heavy atom. The molecule has 0 N–H and O–H groups in total. The fourth-order valence-electron chi connectivity index (χ4n) is 1.16. The van der Waals surface area contributed by atoms with E-state index in [4.69, 9.17) is 0 Å². The summed E-state index contributed by atoms with van der Waals surface area (Å²) in [6, 6.07) is 20.5. The van der Waals surface area contributed by atoms with Gasteiger partial charge in [-0.05, 0) is 11.5 Å². The molecule has 0 bridgehead atoms. The molecular formula is C14H17Fe-. The van der Waals surface area contributed by atoms with Gasteiger partial charge in [-0.25, -0.2) is 12.1 Å². The molecule has 0 spiro atoms. The molecule has 0 saturated heterocycles. The predicted molar refractivity (Wildman–Crippen MR) is 62.6 cm³/mol. The summed E-state index contributed by atoms with van der Waals surface area (Å²) in [6.07, 6.45) is 0. The van der Waals surface area contributed by atoms with E-state index in [1.165, 1.54) is 5.56 Å². The van der Waals surface area contributed by atoms with Crippen LogP contribution in [0.1, 0.15) is 25.3 Å². The zero-order valence-electron chi connectivity index (χ0n) is 9.20. The van der Waals surface area contributed by atoms with Crippen LogP contribution in [0, 0.1) is 0 Å². The zero-order valence-corrected chi connectivity index (χ0v) is 10.3. The molecule has 2 aromatic rings. The molecule has 0 aliphatic rings. The van der Waals surface area contributed by atoms with Gasteiger partial charge < -0.3 is 0 Å². The smallest absolute Gasteiger partial charge is 0 e. The predicted octanol–water partition coefficient (Wildman–Crippen LogP) is 4.21. The molecule has 2 aromatic carbocycles. The number of rotatable bonds is 1. The number of benzene rings is 1. The van der Waals surface area contributed by atoms with E-state index in [0.29, 0.717) is 5.92 Å². The molecule has 0 aliphatic heterocycles. The minimum atomic E-state index is 0. The molecule has 2 rings (SSSR count). The van der Waals surface area contributed by atoms with Gasteiger partial charge in [-0.3, -0.25) is 0 Å². The van der Waals surface area contributed by atoms with Crippen LogP contribution in [0.2, 0.25) is 0 Å². The van der Waals surface area contributed by atoms with Gasteiger partial charge in [-0.15, -0.1) is 0 Å². The second-order valence-electron chi connectivity index (χ2n) is 3.53. The topological polar surface area (TPSA) is 0 Å². The first kappa shape index (κ1) is 14.1. The average Bonchev–Trinajstić information content (AvgIpc) is 2.77. The van der Waals surface area contributed by atoms with E-state index in [0.717, 1.165) is 0 Å². The number of hydrogen-bond donors (Lipinski definition) is 0. The Kier molecular flexibility index (Phi) is 7.89.